The molecule has 1 N–H and O–H groups in total. The Bertz CT molecular complexity index is 283. The van der Waals surface area contributed by atoms with Gasteiger partial charge in [-0.1, -0.05) is 5.16 Å². The molecular weight excluding hydrogens is 142 g/mol. The molecule has 0 aliphatic carbocycles. The van der Waals surface area contributed by atoms with E-state index in [1.165, 1.54) is 0 Å². The van der Waals surface area contributed by atoms with Gasteiger partial charge in [0.1, 0.15) is 0 Å². The van der Waals surface area contributed by atoms with Crippen molar-refractivity contribution in [3.05, 3.63) is 11.7 Å². The lowest BCUT2D eigenvalue weighted by atomic mass is 10.1. The molecule has 0 amide bonds. The topological polar surface area (TPSA) is 51.0 Å². The lowest BCUT2D eigenvalue weighted by Gasteiger charge is -1.97. The number of nitrogens with zero attached hydrogens (tertiary/aromatic N) is 2. The minimum atomic E-state index is -1.15. The van der Waals surface area contributed by atoms with E-state index in [2.05, 4.69) is 15.5 Å². The van der Waals surface area contributed by atoms with Gasteiger partial charge in [0.15, 0.2) is 5.82 Å². The Hall–Kier alpha value is -0.900. The van der Waals surface area contributed by atoms with Gasteiger partial charge in [0.2, 0.25) is 5.89 Å². The Balaban J connectivity index is 2.12. The highest BCUT2D eigenvalue weighted by Gasteiger charge is 2.21. The summed E-state index contributed by atoms with van der Waals surface area (Å²) in [6, 6.07) is 0. The summed E-state index contributed by atoms with van der Waals surface area (Å²) in [7, 11) is 0. The fourth-order valence-corrected chi connectivity index (χ4v) is 1.28. The van der Waals surface area contributed by atoms with Gasteiger partial charge in [-0.25, -0.2) is 0 Å². The van der Waals surface area contributed by atoms with Crippen molar-refractivity contribution in [3.8, 4) is 0 Å². The van der Waals surface area contributed by atoms with Crippen molar-refractivity contribution in [2.75, 3.05) is 13.1 Å². The van der Waals surface area contributed by atoms with Crippen LogP contribution in [-0.4, -0.2) is 23.2 Å². The van der Waals surface area contributed by atoms with Crippen molar-refractivity contribution >= 4 is 0 Å². The predicted octanol–water partition coefficient (Wildman–Crippen LogP) is 0.455. The molecule has 0 spiro atoms. The van der Waals surface area contributed by atoms with Gasteiger partial charge in [-0.3, -0.25) is 0 Å². The average Bonchev–Trinajstić information content (AvgIpc) is 2.75. The average molecular weight is 155 g/mol. The van der Waals surface area contributed by atoms with Crippen LogP contribution in [0.2, 0.25) is 0 Å². The van der Waals surface area contributed by atoms with Crippen LogP contribution in [0.25, 0.3) is 0 Å². The number of aromatic nitrogens is 2. The van der Waals surface area contributed by atoms with Gasteiger partial charge in [-0.05, 0) is 19.8 Å². The molecule has 1 fully saturated rings. The maximum atomic E-state index is 7.07. The van der Waals surface area contributed by atoms with Crippen LogP contribution in [0, 0.1) is 6.88 Å². The second kappa shape index (κ2) is 2.62. The molecule has 2 heterocycles. The van der Waals surface area contributed by atoms with Crippen LogP contribution < -0.4 is 5.32 Å². The third kappa shape index (κ3) is 1.26. The first-order chi connectivity index (χ1) is 6.27. The summed E-state index contributed by atoms with van der Waals surface area (Å²) in [5, 5.41) is 6.76. The quantitative estimate of drug-likeness (QED) is 0.640. The van der Waals surface area contributed by atoms with Gasteiger partial charge in [0.05, 0.1) is 5.92 Å². The molecule has 60 valence electrons. The van der Waals surface area contributed by atoms with E-state index < -0.39 is 6.88 Å². The van der Waals surface area contributed by atoms with E-state index in [9.17, 15) is 0 Å². The van der Waals surface area contributed by atoms with Crippen LogP contribution in [0.15, 0.2) is 4.52 Å². The Kier molecular flexibility index (Phi) is 1.16. The largest absolute Gasteiger partial charge is 0.339 e. The summed E-state index contributed by atoms with van der Waals surface area (Å²) in [6.45, 7) is 0.669. The number of aryl methyl sites for hydroxylation is 1. The standard InChI is InChI=1S/C7H11N3O/c1-5-9-7(11-10-5)6-2-3-8-4-6/h6,8H,2-4H2,1H3/t6-/m0/s1/i1D2. The summed E-state index contributed by atoms with van der Waals surface area (Å²) in [6.07, 6.45) is 0.988. The lowest BCUT2D eigenvalue weighted by molar-refractivity contribution is 0.356. The van der Waals surface area contributed by atoms with Crippen LogP contribution >= 0.6 is 0 Å². The molecule has 1 saturated heterocycles. The number of nitrogens with one attached hydrogen (secondary N) is 1. The number of hydrogen-bond acceptors (Lipinski definition) is 4. The zero-order valence-electron chi connectivity index (χ0n) is 8.08. The smallest absolute Gasteiger partial charge is 0.231 e. The lowest BCUT2D eigenvalue weighted by Crippen LogP contribution is -2.08. The van der Waals surface area contributed by atoms with E-state index in [1.807, 2.05) is 0 Å². The molecule has 0 aromatic carbocycles. The maximum Gasteiger partial charge on any atom is 0.231 e. The number of rotatable bonds is 1. The Morgan fingerprint density at radius 3 is 3.45 bits per heavy atom. The third-order valence-electron chi connectivity index (χ3n) is 1.87. The van der Waals surface area contributed by atoms with Gasteiger partial charge in [-0.2, -0.15) is 4.98 Å². The van der Waals surface area contributed by atoms with E-state index in [0.717, 1.165) is 19.5 Å². The van der Waals surface area contributed by atoms with Crippen molar-refractivity contribution in [1.29, 1.82) is 0 Å². The second-order valence-corrected chi connectivity index (χ2v) is 2.68. The minimum Gasteiger partial charge on any atom is -0.339 e. The summed E-state index contributed by atoms with van der Waals surface area (Å²) >= 11 is 0. The fraction of sp³-hybridized carbons (Fsp3) is 0.714. The molecule has 0 radical (unpaired) electrons. The first kappa shape index (κ1) is 4.87. The van der Waals surface area contributed by atoms with Gasteiger partial charge < -0.3 is 9.84 Å². The highest BCUT2D eigenvalue weighted by molar-refractivity contribution is 4.96. The van der Waals surface area contributed by atoms with Crippen molar-refractivity contribution < 1.29 is 7.26 Å². The number of hydrogen-bond donors (Lipinski definition) is 1. The van der Waals surface area contributed by atoms with Gasteiger partial charge in [0, 0.05) is 9.29 Å². The first-order valence-electron chi connectivity index (χ1n) is 4.81. The van der Waals surface area contributed by atoms with Crippen LogP contribution in [0.5, 0.6) is 0 Å². The summed E-state index contributed by atoms with van der Waals surface area (Å²) in [4.78, 5) is 4.00. The molecule has 1 aromatic rings. The van der Waals surface area contributed by atoms with E-state index in [1.54, 1.807) is 0 Å². The van der Waals surface area contributed by atoms with Crippen molar-refractivity contribution in [3.63, 3.8) is 0 Å². The SMILES string of the molecule is [2H]C([2H])c1noc([C@H]2CCNC2)n1. The van der Waals surface area contributed by atoms with Crippen molar-refractivity contribution in [2.24, 2.45) is 0 Å². The van der Waals surface area contributed by atoms with Crippen molar-refractivity contribution in [1.82, 2.24) is 15.5 Å². The van der Waals surface area contributed by atoms with Crippen LogP contribution in [-0.2, 0) is 0 Å². The van der Waals surface area contributed by atoms with Crippen LogP contribution in [0.3, 0.4) is 0 Å². The van der Waals surface area contributed by atoms with Crippen LogP contribution in [0.4, 0.5) is 0 Å². The fourth-order valence-electron chi connectivity index (χ4n) is 1.28. The van der Waals surface area contributed by atoms with E-state index >= 15 is 0 Å². The minimum absolute atomic E-state index is 0.155. The summed E-state index contributed by atoms with van der Waals surface area (Å²) < 4.78 is 19.1. The van der Waals surface area contributed by atoms with Gasteiger partial charge in [0.25, 0.3) is 0 Å². The Labute approximate surface area is 67.8 Å². The predicted molar refractivity (Wildman–Crippen MR) is 39.3 cm³/mol. The highest BCUT2D eigenvalue weighted by Crippen LogP contribution is 2.19. The molecule has 1 aliphatic rings. The third-order valence-corrected chi connectivity index (χ3v) is 1.87. The Morgan fingerprint density at radius 1 is 1.82 bits per heavy atom. The first-order valence-corrected chi connectivity index (χ1v) is 3.66. The van der Waals surface area contributed by atoms with Gasteiger partial charge >= 0.3 is 0 Å². The molecule has 11 heavy (non-hydrogen) atoms. The van der Waals surface area contributed by atoms with Gasteiger partial charge in [-0.15, -0.1) is 0 Å². The maximum absolute atomic E-state index is 7.07. The zero-order chi connectivity index (χ0) is 9.26. The van der Waals surface area contributed by atoms with Crippen molar-refractivity contribution in [2.45, 2.75) is 19.2 Å². The molecule has 0 unspecified atom stereocenters. The van der Waals surface area contributed by atoms with Crippen LogP contribution in [0.1, 0.15) is 26.8 Å². The zero-order valence-corrected chi connectivity index (χ0v) is 6.08. The molecule has 2 rings (SSSR count). The molecule has 1 aliphatic heterocycles. The second-order valence-electron chi connectivity index (χ2n) is 2.68. The normalized spacial score (nSPS) is 27.2. The molecule has 1 atom stereocenters. The Morgan fingerprint density at radius 2 is 2.82 bits per heavy atom. The van der Waals surface area contributed by atoms with E-state index in [0.29, 0.717) is 5.89 Å². The monoisotopic (exact) mass is 155 g/mol. The molecule has 4 heteroatoms. The summed E-state index contributed by atoms with van der Waals surface area (Å²) in [5.41, 5.74) is 0. The molecular formula is C7H11N3O. The van der Waals surface area contributed by atoms with E-state index in [-0.39, 0.29) is 11.7 Å². The molecule has 1 aromatic heterocycles. The summed E-state index contributed by atoms with van der Waals surface area (Å²) in [5.74, 6) is 0.978. The molecule has 0 bridgehead atoms. The van der Waals surface area contributed by atoms with E-state index in [4.69, 9.17) is 7.26 Å². The molecule has 4 nitrogen and oxygen atoms in total. The highest BCUT2D eigenvalue weighted by atomic mass is 16.5. The molecule has 0 saturated carbocycles.